The van der Waals surface area contributed by atoms with Crippen LogP contribution in [0.5, 0.6) is 0 Å². The van der Waals surface area contributed by atoms with E-state index in [9.17, 15) is 5.11 Å². The molecule has 4 nitrogen and oxygen atoms in total. The van der Waals surface area contributed by atoms with E-state index < -0.39 is 11.9 Å². The molecule has 0 amide bonds. The predicted molar refractivity (Wildman–Crippen MR) is 87.3 cm³/mol. The largest absolute Gasteiger partial charge is 0.384 e. The zero-order chi connectivity index (χ0) is 16.6. The molecule has 2 aliphatic heterocycles. The molecule has 3 fully saturated rings. The second-order valence-corrected chi connectivity index (χ2v) is 7.70. The first kappa shape index (κ1) is 17.2. The molecule has 0 bridgehead atoms. The van der Waals surface area contributed by atoms with E-state index in [1.54, 1.807) is 0 Å². The van der Waals surface area contributed by atoms with E-state index >= 15 is 0 Å². The van der Waals surface area contributed by atoms with Crippen LogP contribution in [0.3, 0.4) is 0 Å². The first-order valence-electron chi connectivity index (χ1n) is 9.06. The molecular weight excluding hydrogens is 292 g/mol. The molecule has 2 heterocycles. The van der Waals surface area contributed by atoms with Gasteiger partial charge in [0.05, 0.1) is 12.7 Å². The predicted octanol–water partition coefficient (Wildman–Crippen LogP) is 2.94. The van der Waals surface area contributed by atoms with Crippen molar-refractivity contribution in [2.24, 2.45) is 23.7 Å². The average Bonchev–Trinajstić information content (AvgIpc) is 2.63. The van der Waals surface area contributed by atoms with E-state index in [1.165, 1.54) is 0 Å². The molecule has 0 spiro atoms. The first-order valence-corrected chi connectivity index (χ1v) is 9.06. The van der Waals surface area contributed by atoms with Gasteiger partial charge in [0, 0.05) is 18.3 Å². The maximum absolute atomic E-state index is 11.7. The van der Waals surface area contributed by atoms with Crippen LogP contribution in [-0.2, 0) is 14.2 Å². The van der Waals surface area contributed by atoms with E-state index in [0.717, 1.165) is 25.7 Å². The fourth-order valence-corrected chi connectivity index (χ4v) is 4.96. The molecule has 0 radical (unpaired) electrons. The molecule has 0 unspecified atom stereocenters. The van der Waals surface area contributed by atoms with Gasteiger partial charge >= 0.3 is 0 Å². The van der Waals surface area contributed by atoms with Crippen molar-refractivity contribution in [1.29, 1.82) is 0 Å². The topological polar surface area (TPSA) is 47.9 Å². The van der Waals surface area contributed by atoms with Crippen LogP contribution >= 0.6 is 0 Å². The fraction of sp³-hybridized carbons (Fsp3) is 0.895. The van der Waals surface area contributed by atoms with E-state index in [4.69, 9.17) is 20.6 Å². The molecule has 4 heteroatoms. The fourth-order valence-electron chi connectivity index (χ4n) is 4.96. The highest BCUT2D eigenvalue weighted by Crippen LogP contribution is 2.54. The van der Waals surface area contributed by atoms with Crippen LogP contribution < -0.4 is 0 Å². The van der Waals surface area contributed by atoms with Gasteiger partial charge in [-0.15, -0.1) is 12.3 Å². The molecular formula is C19H30O4. The lowest BCUT2D eigenvalue weighted by molar-refractivity contribution is -0.381. The molecule has 3 aliphatic rings. The van der Waals surface area contributed by atoms with Crippen molar-refractivity contribution in [2.45, 2.75) is 77.2 Å². The number of aliphatic hydroxyl groups is 1. The lowest BCUT2D eigenvalue weighted by Crippen LogP contribution is -2.66. The van der Waals surface area contributed by atoms with Gasteiger partial charge in [0.25, 0.3) is 0 Å². The normalized spacial score (nSPS) is 49.8. The van der Waals surface area contributed by atoms with Crippen molar-refractivity contribution < 1.29 is 19.3 Å². The minimum atomic E-state index is -0.895. The van der Waals surface area contributed by atoms with Crippen molar-refractivity contribution in [3.05, 3.63) is 0 Å². The van der Waals surface area contributed by atoms with Crippen molar-refractivity contribution >= 4 is 0 Å². The second kappa shape index (κ2) is 6.72. The monoisotopic (exact) mass is 322 g/mol. The van der Waals surface area contributed by atoms with Gasteiger partial charge in [-0.1, -0.05) is 13.8 Å². The van der Waals surface area contributed by atoms with Gasteiger partial charge in [-0.05, 0) is 44.4 Å². The number of hydrogen-bond acceptors (Lipinski definition) is 4. The Kier molecular flexibility index (Phi) is 5.04. The van der Waals surface area contributed by atoms with Crippen LogP contribution in [0.25, 0.3) is 0 Å². The minimum absolute atomic E-state index is 0.0993. The summed E-state index contributed by atoms with van der Waals surface area (Å²) >= 11 is 0. The molecule has 1 aliphatic carbocycles. The van der Waals surface area contributed by atoms with E-state index in [0.29, 0.717) is 18.9 Å². The van der Waals surface area contributed by atoms with Gasteiger partial charge in [0.15, 0.2) is 12.6 Å². The molecule has 8 atom stereocenters. The molecule has 3 rings (SSSR count). The Morgan fingerprint density at radius 3 is 2.61 bits per heavy atom. The molecule has 0 aromatic heterocycles. The highest BCUT2D eigenvalue weighted by atomic mass is 16.8. The lowest BCUT2D eigenvalue weighted by atomic mass is 9.58. The summed E-state index contributed by atoms with van der Waals surface area (Å²) in [5.74, 6) is 3.63. The Labute approximate surface area is 139 Å². The Bertz CT molecular complexity index is 459. The molecule has 0 aromatic rings. The molecule has 23 heavy (non-hydrogen) atoms. The van der Waals surface area contributed by atoms with Gasteiger partial charge < -0.3 is 19.3 Å². The van der Waals surface area contributed by atoms with Gasteiger partial charge in [-0.25, -0.2) is 0 Å². The maximum Gasteiger partial charge on any atom is 0.190 e. The highest BCUT2D eigenvalue weighted by molar-refractivity contribution is 5.06. The number of ether oxygens (including phenoxy) is 3. The standard InChI is InChI=1S/C19H30O4/c1-5-6-11-21-17-14(4)16-9-7-12(2)15-10-8-13(3)22-18(23-17)19(15,16)20/h1,12-18,20H,6-11H2,2-4H3/t12-,13+,14-,15+,16+,17-,18+,19-/m1/s1. The van der Waals surface area contributed by atoms with Gasteiger partial charge in [-0.3, -0.25) is 0 Å². The van der Waals surface area contributed by atoms with Gasteiger partial charge in [0.2, 0.25) is 0 Å². The average molecular weight is 322 g/mol. The highest BCUT2D eigenvalue weighted by Gasteiger charge is 2.62. The minimum Gasteiger partial charge on any atom is -0.384 e. The summed E-state index contributed by atoms with van der Waals surface area (Å²) in [6.45, 7) is 6.93. The smallest absolute Gasteiger partial charge is 0.190 e. The maximum atomic E-state index is 11.7. The zero-order valence-corrected chi connectivity index (χ0v) is 14.5. The van der Waals surface area contributed by atoms with E-state index in [2.05, 4.69) is 26.7 Å². The number of hydrogen-bond donors (Lipinski definition) is 1. The summed E-state index contributed by atoms with van der Waals surface area (Å²) in [5.41, 5.74) is -0.895. The third kappa shape index (κ3) is 2.93. The summed E-state index contributed by atoms with van der Waals surface area (Å²) < 4.78 is 18.1. The van der Waals surface area contributed by atoms with Gasteiger partial charge in [0.1, 0.15) is 5.60 Å². The summed E-state index contributed by atoms with van der Waals surface area (Å²) in [5, 5.41) is 11.7. The van der Waals surface area contributed by atoms with E-state index in [1.807, 2.05) is 0 Å². The summed E-state index contributed by atoms with van der Waals surface area (Å²) in [7, 11) is 0. The number of terminal acetylenes is 1. The van der Waals surface area contributed by atoms with Gasteiger partial charge in [-0.2, -0.15) is 0 Å². The Balaban J connectivity index is 1.86. The van der Waals surface area contributed by atoms with Crippen LogP contribution in [0, 0.1) is 36.0 Å². The van der Waals surface area contributed by atoms with Crippen LogP contribution in [0.1, 0.15) is 52.9 Å². The van der Waals surface area contributed by atoms with Crippen molar-refractivity contribution in [2.75, 3.05) is 6.61 Å². The number of rotatable bonds is 3. The third-order valence-electron chi connectivity index (χ3n) is 6.28. The lowest BCUT2D eigenvalue weighted by Gasteiger charge is -2.57. The summed E-state index contributed by atoms with van der Waals surface area (Å²) in [6, 6.07) is 0. The van der Waals surface area contributed by atoms with Crippen LogP contribution in [0.2, 0.25) is 0 Å². The Morgan fingerprint density at radius 1 is 1.13 bits per heavy atom. The van der Waals surface area contributed by atoms with Crippen LogP contribution in [0.15, 0.2) is 0 Å². The van der Waals surface area contributed by atoms with E-state index in [-0.39, 0.29) is 30.1 Å². The Morgan fingerprint density at radius 2 is 1.87 bits per heavy atom. The second-order valence-electron chi connectivity index (χ2n) is 7.70. The zero-order valence-electron chi connectivity index (χ0n) is 14.5. The molecule has 2 saturated heterocycles. The molecule has 0 aromatic carbocycles. The quantitative estimate of drug-likeness (QED) is 0.641. The van der Waals surface area contributed by atoms with Crippen LogP contribution in [-0.4, -0.2) is 36.0 Å². The van der Waals surface area contributed by atoms with Crippen molar-refractivity contribution in [3.8, 4) is 12.3 Å². The molecule has 1 saturated carbocycles. The van der Waals surface area contributed by atoms with Crippen molar-refractivity contribution in [1.82, 2.24) is 0 Å². The summed E-state index contributed by atoms with van der Waals surface area (Å²) in [4.78, 5) is 0. The summed E-state index contributed by atoms with van der Waals surface area (Å²) in [6.07, 6.45) is 9.17. The molecule has 1 N–H and O–H groups in total. The van der Waals surface area contributed by atoms with Crippen LogP contribution in [0.4, 0.5) is 0 Å². The first-order chi connectivity index (χ1) is 11.0. The Hall–Kier alpha value is -0.600. The van der Waals surface area contributed by atoms with Crippen molar-refractivity contribution in [3.63, 3.8) is 0 Å². The SMILES string of the molecule is C#CCCO[C@@H]1O[C@@H]2O[C@@H](C)CC[C@H]3[C@H](C)CC[C@@H]([C@H]1C)[C@@]23O. The third-order valence-corrected chi connectivity index (χ3v) is 6.28. The molecule has 130 valence electrons.